The molecule has 1 fully saturated rings. The number of carbonyl (C=O) groups is 1. The van der Waals surface area contributed by atoms with Crippen LogP contribution in [-0.2, 0) is 4.79 Å². The molecule has 182 valence electrons. The summed E-state index contributed by atoms with van der Waals surface area (Å²) in [5, 5.41) is 12.7. The highest BCUT2D eigenvalue weighted by atomic mass is 16.3. The molecule has 4 aromatic rings. The van der Waals surface area contributed by atoms with Gasteiger partial charge in [-0.2, -0.15) is 0 Å². The molecule has 3 aromatic carbocycles. The molecule has 6 heteroatoms. The van der Waals surface area contributed by atoms with Crippen molar-refractivity contribution in [1.82, 2.24) is 4.98 Å². The Morgan fingerprint density at radius 2 is 1.83 bits per heavy atom. The minimum absolute atomic E-state index is 0.0205. The lowest BCUT2D eigenvalue weighted by Gasteiger charge is -2.23. The van der Waals surface area contributed by atoms with Crippen LogP contribution in [0.3, 0.4) is 0 Å². The number of benzene rings is 3. The van der Waals surface area contributed by atoms with Gasteiger partial charge in [-0.15, -0.1) is 0 Å². The van der Waals surface area contributed by atoms with E-state index >= 15 is 0 Å². The van der Waals surface area contributed by atoms with Crippen LogP contribution in [-0.4, -0.2) is 29.1 Å². The van der Waals surface area contributed by atoms with Crippen LogP contribution in [0.2, 0.25) is 0 Å². The van der Waals surface area contributed by atoms with E-state index in [9.17, 15) is 9.90 Å². The van der Waals surface area contributed by atoms with Crippen LogP contribution in [0.25, 0.3) is 33.0 Å². The predicted molar refractivity (Wildman–Crippen MR) is 141 cm³/mol. The smallest absolute Gasteiger partial charge is 0.249 e. The first kappa shape index (κ1) is 23.3. The summed E-state index contributed by atoms with van der Waals surface area (Å²) in [6.45, 7) is 6.33. The van der Waals surface area contributed by atoms with Gasteiger partial charge in [-0.25, -0.2) is 9.98 Å². The van der Waals surface area contributed by atoms with Gasteiger partial charge in [0.05, 0.1) is 10.7 Å². The summed E-state index contributed by atoms with van der Waals surface area (Å²) in [6.07, 6.45) is 7.27. The maximum atomic E-state index is 12.9. The summed E-state index contributed by atoms with van der Waals surface area (Å²) >= 11 is 0. The first-order valence-corrected chi connectivity index (χ1v) is 12.9. The molecule has 0 unspecified atom stereocenters. The van der Waals surface area contributed by atoms with E-state index in [-0.39, 0.29) is 17.6 Å². The van der Waals surface area contributed by atoms with E-state index in [2.05, 4.69) is 29.8 Å². The van der Waals surface area contributed by atoms with Crippen LogP contribution in [0, 0.1) is 5.92 Å². The van der Waals surface area contributed by atoms with E-state index in [0.717, 1.165) is 68.2 Å². The lowest BCUT2D eigenvalue weighted by Crippen LogP contribution is -2.24. The topological polar surface area (TPSA) is 78.9 Å². The van der Waals surface area contributed by atoms with Gasteiger partial charge in [-0.05, 0) is 43.9 Å². The number of amides is 1. The monoisotopic (exact) mass is 471 g/mol. The maximum absolute atomic E-state index is 12.9. The SMILES string of the molecule is CCCN(CCC)c1ccc2nc3c(cc(O)c4c(=NC(=O)C5CCCCC5)cccc43)oc2c1. The molecule has 0 radical (unpaired) electrons. The highest BCUT2D eigenvalue weighted by molar-refractivity contribution is 6.07. The Morgan fingerprint density at radius 3 is 2.57 bits per heavy atom. The van der Waals surface area contributed by atoms with Crippen LogP contribution >= 0.6 is 0 Å². The molecule has 1 aliphatic rings. The maximum Gasteiger partial charge on any atom is 0.249 e. The molecule has 1 aromatic heterocycles. The number of fused-ring (bicyclic) bond motifs is 4. The van der Waals surface area contributed by atoms with Crippen LogP contribution in [0.5, 0.6) is 5.75 Å². The lowest BCUT2D eigenvalue weighted by atomic mass is 9.89. The number of aromatic hydroxyl groups is 1. The van der Waals surface area contributed by atoms with Gasteiger partial charge in [0.1, 0.15) is 16.8 Å². The molecule has 0 saturated heterocycles. The molecule has 1 N–H and O–H groups in total. The van der Waals surface area contributed by atoms with E-state index in [1.807, 2.05) is 24.3 Å². The average Bonchev–Trinajstić information content (AvgIpc) is 2.88. The van der Waals surface area contributed by atoms with Crippen molar-refractivity contribution in [3.63, 3.8) is 0 Å². The third kappa shape index (κ3) is 4.62. The Hall–Kier alpha value is -3.41. The van der Waals surface area contributed by atoms with Crippen LogP contribution in [0.1, 0.15) is 58.8 Å². The first-order valence-electron chi connectivity index (χ1n) is 12.9. The summed E-state index contributed by atoms with van der Waals surface area (Å²) < 4.78 is 6.25. The van der Waals surface area contributed by atoms with E-state index in [1.54, 1.807) is 12.1 Å². The number of phenols is 1. The summed E-state index contributed by atoms with van der Waals surface area (Å²) in [6, 6.07) is 13.2. The Labute approximate surface area is 205 Å². The molecule has 1 amide bonds. The lowest BCUT2D eigenvalue weighted by molar-refractivity contribution is -0.122. The molecule has 0 aliphatic heterocycles. The zero-order chi connectivity index (χ0) is 24.4. The minimum Gasteiger partial charge on any atom is -0.507 e. The van der Waals surface area contributed by atoms with Crippen molar-refractivity contribution in [2.24, 2.45) is 10.9 Å². The van der Waals surface area contributed by atoms with Gasteiger partial charge in [-0.1, -0.05) is 45.2 Å². The van der Waals surface area contributed by atoms with Crippen molar-refractivity contribution in [3.8, 4) is 5.75 Å². The van der Waals surface area contributed by atoms with Gasteiger partial charge in [0, 0.05) is 42.2 Å². The van der Waals surface area contributed by atoms with Crippen molar-refractivity contribution in [3.05, 3.63) is 47.8 Å². The fourth-order valence-corrected chi connectivity index (χ4v) is 5.27. The molecule has 35 heavy (non-hydrogen) atoms. The van der Waals surface area contributed by atoms with E-state index < -0.39 is 0 Å². The van der Waals surface area contributed by atoms with Crippen LogP contribution < -0.4 is 10.3 Å². The second-order valence-corrected chi connectivity index (χ2v) is 9.58. The van der Waals surface area contributed by atoms with Crippen LogP contribution in [0.15, 0.2) is 51.9 Å². The Bertz CT molecular complexity index is 1440. The molecule has 1 aliphatic carbocycles. The van der Waals surface area contributed by atoms with E-state index in [4.69, 9.17) is 9.40 Å². The fourth-order valence-electron chi connectivity index (χ4n) is 5.27. The Morgan fingerprint density at radius 1 is 1.06 bits per heavy atom. The van der Waals surface area contributed by atoms with Crippen molar-refractivity contribution in [2.75, 3.05) is 18.0 Å². The summed E-state index contributed by atoms with van der Waals surface area (Å²) in [5.74, 6) is -0.0695. The normalized spacial score (nSPS) is 15.3. The molecular weight excluding hydrogens is 438 g/mol. The average molecular weight is 472 g/mol. The number of nitrogens with zero attached hydrogens (tertiary/aromatic N) is 3. The Balaban J connectivity index is 1.63. The zero-order valence-electron chi connectivity index (χ0n) is 20.6. The minimum atomic E-state index is -0.0934. The fraction of sp³-hybridized carbons (Fsp3) is 0.414. The number of phenolic OH excluding ortho intramolecular Hbond substituents is 1. The quantitative estimate of drug-likeness (QED) is 0.257. The number of hydrogen-bond acceptors (Lipinski definition) is 5. The summed E-state index contributed by atoms with van der Waals surface area (Å²) in [7, 11) is 0. The number of aromatic nitrogens is 1. The predicted octanol–water partition coefficient (Wildman–Crippen LogP) is 6.47. The number of hydrogen-bond donors (Lipinski definition) is 1. The first-order chi connectivity index (χ1) is 17.1. The molecule has 0 atom stereocenters. The highest BCUT2D eigenvalue weighted by Crippen LogP contribution is 2.33. The van der Waals surface area contributed by atoms with E-state index in [1.165, 1.54) is 6.42 Å². The van der Waals surface area contributed by atoms with Gasteiger partial charge in [-0.3, -0.25) is 4.79 Å². The molecule has 6 nitrogen and oxygen atoms in total. The zero-order valence-corrected chi connectivity index (χ0v) is 20.6. The van der Waals surface area contributed by atoms with E-state index in [0.29, 0.717) is 27.4 Å². The molecule has 0 bridgehead atoms. The molecular formula is C29H33N3O3. The number of rotatable bonds is 6. The molecule has 1 saturated carbocycles. The van der Waals surface area contributed by atoms with Gasteiger partial charge in [0.15, 0.2) is 11.2 Å². The molecule has 5 rings (SSSR count). The second kappa shape index (κ2) is 10.1. The summed E-state index contributed by atoms with van der Waals surface area (Å²) in [5.41, 5.74) is 3.70. The third-order valence-electron chi connectivity index (χ3n) is 6.99. The third-order valence-corrected chi connectivity index (χ3v) is 6.99. The molecule has 0 spiro atoms. The Kier molecular flexibility index (Phi) is 6.71. The number of anilines is 1. The van der Waals surface area contributed by atoms with Crippen molar-refractivity contribution >= 4 is 44.6 Å². The van der Waals surface area contributed by atoms with Gasteiger partial charge < -0.3 is 14.4 Å². The van der Waals surface area contributed by atoms with Gasteiger partial charge in [0.2, 0.25) is 5.91 Å². The summed E-state index contributed by atoms with van der Waals surface area (Å²) in [4.78, 5) is 24.6. The largest absolute Gasteiger partial charge is 0.507 e. The standard InChI is InChI=1S/C29H33N3O3/c1-3-15-32(16-4-2)20-13-14-22-25(17-20)35-26-18-24(33)27-21(28(26)30-22)11-8-12-23(27)31-29(34)19-9-6-5-7-10-19/h8,11-14,17-19,33H,3-7,9-10,15-16H2,1-2H3. The van der Waals surface area contributed by atoms with Crippen molar-refractivity contribution in [2.45, 2.75) is 58.8 Å². The van der Waals surface area contributed by atoms with Gasteiger partial charge in [0.25, 0.3) is 0 Å². The van der Waals surface area contributed by atoms with Crippen molar-refractivity contribution < 1.29 is 14.3 Å². The number of carbonyl (C=O) groups excluding carboxylic acids is 1. The van der Waals surface area contributed by atoms with Gasteiger partial charge >= 0.3 is 0 Å². The highest BCUT2D eigenvalue weighted by Gasteiger charge is 2.21. The van der Waals surface area contributed by atoms with Crippen molar-refractivity contribution in [1.29, 1.82) is 0 Å². The second-order valence-electron chi connectivity index (χ2n) is 9.58. The van der Waals surface area contributed by atoms with Crippen LogP contribution in [0.4, 0.5) is 5.69 Å². The molecule has 1 heterocycles.